The van der Waals surface area contributed by atoms with Crippen LogP contribution in [0.2, 0.25) is 0 Å². The molecule has 1 aromatic carbocycles. The van der Waals surface area contributed by atoms with Gasteiger partial charge in [0.1, 0.15) is 11.5 Å². The number of H-pyrrole nitrogens is 1. The number of carbonyl (C=O) groups excluding carboxylic acids is 1. The van der Waals surface area contributed by atoms with E-state index in [0.717, 1.165) is 5.69 Å². The summed E-state index contributed by atoms with van der Waals surface area (Å²) in [6.45, 7) is 0. The lowest BCUT2D eigenvalue weighted by molar-refractivity contribution is -0.116. The first kappa shape index (κ1) is 14.0. The molecule has 0 aliphatic carbocycles. The maximum absolute atomic E-state index is 12.0. The Morgan fingerprint density at radius 1 is 1.25 bits per heavy atom. The summed E-state index contributed by atoms with van der Waals surface area (Å²) in [6, 6.07) is 9.16. The summed E-state index contributed by atoms with van der Waals surface area (Å²) in [6.07, 6.45) is 2.92. The van der Waals surface area contributed by atoms with Gasteiger partial charge in [-0.15, -0.1) is 0 Å². The Kier molecular flexibility index (Phi) is 4.65. The first-order valence-corrected chi connectivity index (χ1v) is 6.37. The molecular weight excluding hydrogens is 256 g/mol. The number of nitrogens with one attached hydrogen (secondary N) is 2. The van der Waals surface area contributed by atoms with E-state index in [9.17, 15) is 4.79 Å². The average Bonchev–Trinajstić information content (AvgIpc) is 2.98. The Labute approximate surface area is 117 Å². The number of aryl methyl sites for hydroxylation is 1. The van der Waals surface area contributed by atoms with E-state index in [1.165, 1.54) is 0 Å². The van der Waals surface area contributed by atoms with Crippen molar-refractivity contribution in [2.45, 2.75) is 12.8 Å². The van der Waals surface area contributed by atoms with Crippen LogP contribution in [0.5, 0.6) is 11.5 Å². The molecule has 0 saturated carbocycles. The van der Waals surface area contributed by atoms with Crippen LogP contribution in [0.15, 0.2) is 36.5 Å². The Hall–Kier alpha value is -2.43. The van der Waals surface area contributed by atoms with Crippen LogP contribution in [0.1, 0.15) is 12.1 Å². The molecule has 0 bridgehead atoms. The van der Waals surface area contributed by atoms with E-state index >= 15 is 0 Å². The van der Waals surface area contributed by atoms with Crippen LogP contribution in [0.3, 0.4) is 0 Å². The number of anilines is 1. The first-order valence-electron chi connectivity index (χ1n) is 6.37. The molecule has 5 nitrogen and oxygen atoms in total. The zero-order chi connectivity index (χ0) is 14.4. The van der Waals surface area contributed by atoms with E-state index in [-0.39, 0.29) is 5.91 Å². The number of amides is 1. The fourth-order valence-corrected chi connectivity index (χ4v) is 1.90. The second-order valence-electron chi connectivity index (χ2n) is 4.31. The van der Waals surface area contributed by atoms with Crippen molar-refractivity contribution in [2.24, 2.45) is 0 Å². The highest BCUT2D eigenvalue weighted by atomic mass is 16.5. The second-order valence-corrected chi connectivity index (χ2v) is 4.31. The van der Waals surface area contributed by atoms with Crippen LogP contribution in [0.4, 0.5) is 5.69 Å². The van der Waals surface area contributed by atoms with Gasteiger partial charge >= 0.3 is 0 Å². The molecule has 0 atom stereocenters. The minimum Gasteiger partial charge on any atom is -0.497 e. The summed E-state index contributed by atoms with van der Waals surface area (Å²) >= 11 is 0. The molecule has 0 unspecified atom stereocenters. The number of hydrogen-bond acceptors (Lipinski definition) is 3. The van der Waals surface area contributed by atoms with Crippen LogP contribution in [-0.2, 0) is 11.2 Å². The number of hydrogen-bond donors (Lipinski definition) is 2. The number of benzene rings is 1. The molecule has 20 heavy (non-hydrogen) atoms. The van der Waals surface area contributed by atoms with Crippen molar-refractivity contribution < 1.29 is 14.3 Å². The van der Waals surface area contributed by atoms with Crippen LogP contribution in [-0.4, -0.2) is 25.1 Å². The summed E-state index contributed by atoms with van der Waals surface area (Å²) in [4.78, 5) is 15.0. The number of carbonyl (C=O) groups is 1. The number of ether oxygens (including phenoxy) is 2. The molecule has 5 heteroatoms. The van der Waals surface area contributed by atoms with E-state index in [1.807, 2.05) is 18.3 Å². The van der Waals surface area contributed by atoms with Crippen molar-refractivity contribution in [3.8, 4) is 11.5 Å². The van der Waals surface area contributed by atoms with Crippen LogP contribution >= 0.6 is 0 Å². The van der Waals surface area contributed by atoms with E-state index in [1.54, 1.807) is 32.4 Å². The molecule has 2 N–H and O–H groups in total. The largest absolute Gasteiger partial charge is 0.497 e. The normalized spacial score (nSPS) is 10.1. The molecule has 1 heterocycles. The molecule has 2 rings (SSSR count). The Balaban J connectivity index is 1.99. The van der Waals surface area contributed by atoms with Gasteiger partial charge in [-0.2, -0.15) is 0 Å². The highest BCUT2D eigenvalue weighted by Gasteiger charge is 2.09. The SMILES string of the molecule is COc1ccc(OC)c(NC(=O)CCc2ccc[nH]2)c1. The minimum atomic E-state index is -0.0637. The van der Waals surface area contributed by atoms with Crippen molar-refractivity contribution in [3.63, 3.8) is 0 Å². The second kappa shape index (κ2) is 6.65. The molecule has 0 fully saturated rings. The zero-order valence-electron chi connectivity index (χ0n) is 11.6. The van der Waals surface area contributed by atoms with Gasteiger partial charge < -0.3 is 19.8 Å². The van der Waals surface area contributed by atoms with Crippen molar-refractivity contribution >= 4 is 11.6 Å². The lowest BCUT2D eigenvalue weighted by atomic mass is 10.2. The monoisotopic (exact) mass is 274 g/mol. The number of rotatable bonds is 6. The van der Waals surface area contributed by atoms with E-state index in [4.69, 9.17) is 9.47 Å². The predicted molar refractivity (Wildman–Crippen MR) is 77.3 cm³/mol. The summed E-state index contributed by atoms with van der Waals surface area (Å²) in [7, 11) is 3.15. The van der Waals surface area contributed by atoms with Gasteiger partial charge in [0.15, 0.2) is 0 Å². The van der Waals surface area contributed by atoms with E-state index < -0.39 is 0 Å². The average molecular weight is 274 g/mol. The Morgan fingerprint density at radius 3 is 2.75 bits per heavy atom. The molecule has 0 saturated heterocycles. The quantitative estimate of drug-likeness (QED) is 0.851. The van der Waals surface area contributed by atoms with Gasteiger partial charge in [-0.1, -0.05) is 0 Å². The standard InChI is InChI=1S/C15H18N2O3/c1-19-12-6-7-14(20-2)13(10-12)17-15(18)8-5-11-4-3-9-16-11/h3-4,6-7,9-10,16H,5,8H2,1-2H3,(H,17,18). The Bertz CT molecular complexity index is 565. The summed E-state index contributed by atoms with van der Waals surface area (Å²) in [5.74, 6) is 1.22. The van der Waals surface area contributed by atoms with Crippen LogP contribution in [0.25, 0.3) is 0 Å². The number of aromatic nitrogens is 1. The third-order valence-electron chi connectivity index (χ3n) is 2.96. The summed E-state index contributed by atoms with van der Waals surface area (Å²) < 4.78 is 10.4. The van der Waals surface area contributed by atoms with E-state index in [2.05, 4.69) is 10.3 Å². The molecule has 0 aliphatic heterocycles. The minimum absolute atomic E-state index is 0.0637. The molecule has 0 radical (unpaired) electrons. The lowest BCUT2D eigenvalue weighted by Gasteiger charge is -2.11. The van der Waals surface area contributed by atoms with E-state index in [0.29, 0.717) is 30.0 Å². The lowest BCUT2D eigenvalue weighted by Crippen LogP contribution is -2.13. The summed E-state index contributed by atoms with van der Waals surface area (Å²) in [5, 5.41) is 2.84. The van der Waals surface area contributed by atoms with Gasteiger partial charge in [-0.25, -0.2) is 0 Å². The first-order chi connectivity index (χ1) is 9.72. The van der Waals surface area contributed by atoms with Crippen molar-refractivity contribution in [1.82, 2.24) is 4.98 Å². The third kappa shape index (κ3) is 3.54. The predicted octanol–water partition coefficient (Wildman–Crippen LogP) is 2.60. The topological polar surface area (TPSA) is 63.4 Å². The zero-order valence-corrected chi connectivity index (χ0v) is 11.6. The van der Waals surface area contributed by atoms with Crippen LogP contribution in [0, 0.1) is 0 Å². The molecular formula is C15H18N2O3. The van der Waals surface area contributed by atoms with Gasteiger partial charge in [-0.05, 0) is 30.7 Å². The van der Waals surface area contributed by atoms with Gasteiger partial charge in [0, 0.05) is 24.4 Å². The molecule has 106 valence electrons. The fourth-order valence-electron chi connectivity index (χ4n) is 1.90. The molecule has 1 aromatic heterocycles. The number of aromatic amines is 1. The molecule has 0 aliphatic rings. The third-order valence-corrected chi connectivity index (χ3v) is 2.96. The van der Waals surface area contributed by atoms with Crippen molar-refractivity contribution in [1.29, 1.82) is 0 Å². The van der Waals surface area contributed by atoms with Gasteiger partial charge in [-0.3, -0.25) is 4.79 Å². The highest BCUT2D eigenvalue weighted by molar-refractivity contribution is 5.92. The smallest absolute Gasteiger partial charge is 0.224 e. The summed E-state index contributed by atoms with van der Waals surface area (Å²) in [5.41, 5.74) is 1.65. The van der Waals surface area contributed by atoms with Crippen molar-refractivity contribution in [2.75, 3.05) is 19.5 Å². The number of methoxy groups -OCH3 is 2. The maximum Gasteiger partial charge on any atom is 0.224 e. The van der Waals surface area contributed by atoms with Crippen molar-refractivity contribution in [3.05, 3.63) is 42.2 Å². The van der Waals surface area contributed by atoms with Crippen LogP contribution < -0.4 is 14.8 Å². The maximum atomic E-state index is 12.0. The Morgan fingerprint density at radius 2 is 2.10 bits per heavy atom. The highest BCUT2D eigenvalue weighted by Crippen LogP contribution is 2.28. The fraction of sp³-hybridized carbons (Fsp3) is 0.267. The van der Waals surface area contributed by atoms with Gasteiger partial charge in [0.05, 0.1) is 19.9 Å². The molecule has 2 aromatic rings. The molecule has 1 amide bonds. The molecule has 0 spiro atoms. The van der Waals surface area contributed by atoms with Gasteiger partial charge in [0.2, 0.25) is 5.91 Å². The van der Waals surface area contributed by atoms with Gasteiger partial charge in [0.25, 0.3) is 0 Å².